The number of hydrogen-bond acceptors (Lipinski definition) is 2. The Morgan fingerprint density at radius 3 is 2.33 bits per heavy atom. The first-order valence-corrected chi connectivity index (χ1v) is 5.47. The van der Waals surface area contributed by atoms with E-state index in [9.17, 15) is 5.11 Å². The third-order valence-corrected chi connectivity index (χ3v) is 2.46. The second-order valence-electron chi connectivity index (χ2n) is 4.47. The normalized spacial score (nSPS) is 13.9. The van der Waals surface area contributed by atoms with Gasteiger partial charge in [0.2, 0.25) is 0 Å². The Hall–Kier alpha value is -0.570. The molecule has 1 atom stereocenters. The molecular formula is C12H18ClNO. The molecule has 1 aromatic carbocycles. The van der Waals surface area contributed by atoms with E-state index in [4.69, 9.17) is 11.6 Å². The Kier molecular flexibility index (Phi) is 4.14. The second kappa shape index (κ2) is 4.97. The van der Waals surface area contributed by atoms with Gasteiger partial charge in [-0.25, -0.2) is 0 Å². The lowest BCUT2D eigenvalue weighted by Crippen LogP contribution is -2.36. The van der Waals surface area contributed by atoms with E-state index in [0.717, 1.165) is 5.02 Å². The highest BCUT2D eigenvalue weighted by atomic mass is 35.5. The molecule has 0 saturated heterocycles. The summed E-state index contributed by atoms with van der Waals surface area (Å²) in [6, 6.07) is 7.95. The van der Waals surface area contributed by atoms with Crippen molar-refractivity contribution in [3.05, 3.63) is 34.9 Å². The van der Waals surface area contributed by atoms with Crippen molar-refractivity contribution in [2.45, 2.75) is 32.4 Å². The molecule has 0 saturated carbocycles. The molecule has 2 N–H and O–H groups in total. The fourth-order valence-corrected chi connectivity index (χ4v) is 1.40. The molecule has 0 aliphatic rings. The van der Waals surface area contributed by atoms with Gasteiger partial charge in [-0.3, -0.25) is 0 Å². The first-order chi connectivity index (χ1) is 6.88. The van der Waals surface area contributed by atoms with Crippen LogP contribution in [0.4, 0.5) is 0 Å². The number of nitrogens with one attached hydrogen (secondary N) is 1. The lowest BCUT2D eigenvalue weighted by molar-refractivity contribution is 0.0770. The van der Waals surface area contributed by atoms with Gasteiger partial charge in [-0.2, -0.15) is 0 Å². The minimum absolute atomic E-state index is 0.216. The molecule has 2 nitrogen and oxygen atoms in total. The zero-order chi connectivity index (χ0) is 11.5. The minimum atomic E-state index is -0.680. The largest absolute Gasteiger partial charge is 0.389 e. The molecule has 0 amide bonds. The highest BCUT2D eigenvalue weighted by Gasteiger charge is 2.14. The van der Waals surface area contributed by atoms with E-state index >= 15 is 0 Å². The minimum Gasteiger partial charge on any atom is -0.389 e. The number of aliphatic hydroxyl groups is 1. The smallest absolute Gasteiger partial charge is 0.0715 e. The van der Waals surface area contributed by atoms with Gasteiger partial charge in [0, 0.05) is 17.6 Å². The lowest BCUT2D eigenvalue weighted by Gasteiger charge is -2.22. The molecule has 0 spiro atoms. The van der Waals surface area contributed by atoms with Gasteiger partial charge in [-0.05, 0) is 38.5 Å². The summed E-state index contributed by atoms with van der Waals surface area (Å²) >= 11 is 5.81. The fourth-order valence-electron chi connectivity index (χ4n) is 1.27. The van der Waals surface area contributed by atoms with Crippen LogP contribution in [0.15, 0.2) is 24.3 Å². The maximum Gasteiger partial charge on any atom is 0.0715 e. The predicted octanol–water partition coefficient (Wildman–Crippen LogP) is 2.76. The van der Waals surface area contributed by atoms with Crippen LogP contribution in [0.3, 0.4) is 0 Å². The maximum atomic E-state index is 9.57. The van der Waals surface area contributed by atoms with Crippen molar-refractivity contribution in [3.8, 4) is 0 Å². The van der Waals surface area contributed by atoms with E-state index in [-0.39, 0.29) is 6.04 Å². The van der Waals surface area contributed by atoms with Gasteiger partial charge in [0.05, 0.1) is 5.60 Å². The van der Waals surface area contributed by atoms with Gasteiger partial charge in [0.1, 0.15) is 0 Å². The van der Waals surface area contributed by atoms with Crippen LogP contribution in [-0.4, -0.2) is 17.3 Å². The molecular weight excluding hydrogens is 210 g/mol. The summed E-state index contributed by atoms with van der Waals surface area (Å²) in [6.45, 7) is 6.20. The van der Waals surface area contributed by atoms with Gasteiger partial charge in [0.15, 0.2) is 0 Å². The van der Waals surface area contributed by atoms with Crippen molar-refractivity contribution in [3.63, 3.8) is 0 Å². The molecule has 3 heteroatoms. The third kappa shape index (κ3) is 4.65. The van der Waals surface area contributed by atoms with E-state index in [1.807, 2.05) is 24.3 Å². The Morgan fingerprint density at radius 2 is 1.87 bits per heavy atom. The van der Waals surface area contributed by atoms with E-state index in [2.05, 4.69) is 12.2 Å². The van der Waals surface area contributed by atoms with Crippen molar-refractivity contribution in [2.24, 2.45) is 0 Å². The van der Waals surface area contributed by atoms with Gasteiger partial charge in [0.25, 0.3) is 0 Å². The van der Waals surface area contributed by atoms with Crippen LogP contribution in [0, 0.1) is 0 Å². The molecule has 0 heterocycles. The summed E-state index contributed by atoms with van der Waals surface area (Å²) < 4.78 is 0. The Bertz CT molecular complexity index is 302. The molecule has 0 bridgehead atoms. The molecule has 1 rings (SSSR count). The molecule has 84 valence electrons. The van der Waals surface area contributed by atoms with Crippen LogP contribution in [0.25, 0.3) is 0 Å². The first kappa shape index (κ1) is 12.5. The first-order valence-electron chi connectivity index (χ1n) is 5.10. The van der Waals surface area contributed by atoms with Gasteiger partial charge in [-0.1, -0.05) is 23.7 Å². The molecule has 1 aromatic rings. The molecule has 0 aliphatic carbocycles. The number of benzene rings is 1. The van der Waals surface area contributed by atoms with Crippen molar-refractivity contribution >= 4 is 11.6 Å². The number of halogens is 1. The van der Waals surface area contributed by atoms with E-state index in [1.165, 1.54) is 5.56 Å². The highest BCUT2D eigenvalue weighted by Crippen LogP contribution is 2.16. The molecule has 0 fully saturated rings. The Labute approximate surface area is 96.3 Å². The molecule has 0 aliphatic heterocycles. The summed E-state index contributed by atoms with van der Waals surface area (Å²) in [5.41, 5.74) is 0.490. The van der Waals surface area contributed by atoms with E-state index in [0.29, 0.717) is 6.54 Å². The zero-order valence-electron chi connectivity index (χ0n) is 9.42. The van der Waals surface area contributed by atoms with Gasteiger partial charge in [-0.15, -0.1) is 0 Å². The topological polar surface area (TPSA) is 32.3 Å². The van der Waals surface area contributed by atoms with Crippen LogP contribution in [-0.2, 0) is 0 Å². The second-order valence-corrected chi connectivity index (χ2v) is 4.90. The van der Waals surface area contributed by atoms with E-state index in [1.54, 1.807) is 13.8 Å². The summed E-state index contributed by atoms with van der Waals surface area (Å²) in [5, 5.41) is 13.6. The Morgan fingerprint density at radius 1 is 1.33 bits per heavy atom. The van der Waals surface area contributed by atoms with Crippen molar-refractivity contribution in [1.82, 2.24) is 5.32 Å². The van der Waals surface area contributed by atoms with E-state index < -0.39 is 5.60 Å². The average Bonchev–Trinajstić information content (AvgIpc) is 2.14. The molecule has 0 aromatic heterocycles. The maximum absolute atomic E-state index is 9.57. The van der Waals surface area contributed by atoms with Crippen LogP contribution in [0.2, 0.25) is 5.02 Å². The third-order valence-electron chi connectivity index (χ3n) is 2.21. The molecule has 15 heavy (non-hydrogen) atoms. The van der Waals surface area contributed by atoms with Crippen molar-refractivity contribution < 1.29 is 5.11 Å². The zero-order valence-corrected chi connectivity index (χ0v) is 10.2. The average molecular weight is 228 g/mol. The quantitative estimate of drug-likeness (QED) is 0.829. The number of hydrogen-bond donors (Lipinski definition) is 2. The van der Waals surface area contributed by atoms with Crippen LogP contribution in [0.5, 0.6) is 0 Å². The predicted molar refractivity (Wildman–Crippen MR) is 64.2 cm³/mol. The molecule has 0 unspecified atom stereocenters. The molecule has 0 radical (unpaired) electrons. The van der Waals surface area contributed by atoms with Crippen LogP contribution >= 0.6 is 11.6 Å². The summed E-state index contributed by atoms with van der Waals surface area (Å²) in [6.07, 6.45) is 0. The fraction of sp³-hybridized carbons (Fsp3) is 0.500. The van der Waals surface area contributed by atoms with Crippen molar-refractivity contribution in [2.75, 3.05) is 6.54 Å². The Balaban J connectivity index is 2.54. The lowest BCUT2D eigenvalue weighted by atomic mass is 10.1. The summed E-state index contributed by atoms with van der Waals surface area (Å²) in [7, 11) is 0. The standard InChI is InChI=1S/C12H18ClNO/c1-9(14-8-12(2,3)15)10-4-6-11(13)7-5-10/h4-7,9,14-15H,8H2,1-3H3/t9-/m0/s1. The summed E-state index contributed by atoms with van der Waals surface area (Å²) in [4.78, 5) is 0. The van der Waals surface area contributed by atoms with Crippen molar-refractivity contribution in [1.29, 1.82) is 0 Å². The van der Waals surface area contributed by atoms with Gasteiger partial charge >= 0.3 is 0 Å². The van der Waals surface area contributed by atoms with Crippen LogP contribution in [0.1, 0.15) is 32.4 Å². The summed E-state index contributed by atoms with van der Waals surface area (Å²) in [5.74, 6) is 0. The highest BCUT2D eigenvalue weighted by molar-refractivity contribution is 6.30. The van der Waals surface area contributed by atoms with Gasteiger partial charge < -0.3 is 10.4 Å². The SMILES string of the molecule is C[C@H](NCC(C)(C)O)c1ccc(Cl)cc1. The number of rotatable bonds is 4. The van der Waals surface area contributed by atoms with Crippen LogP contribution < -0.4 is 5.32 Å². The monoisotopic (exact) mass is 227 g/mol.